The standard InChI is InChI=1S/C63H104O5/c1-4-7-10-13-16-19-22-25-28-30-32-33-36-38-41-44-47-50-53-56-62(64)67-60-61(68-63(65)57-54-51-48-45-42-39-35-27-24-21-18-15-12-9-6-3)59-66-58-55-52-49-46-43-40-37-34-31-29-26-23-20-17-14-11-8-5-2/h7,9-10,12,16,18-19,21,25,27-28,32-33,35,38,41-42,45,47,50,61H,4-6,8,11,13-15,17,20,22-24,26,29-31,34,36-37,39-40,43-44,46,48-49,51-60H2,1-3H3/b10-7-,12-9-,19-16-,21-18-,28-25-,33-32-,35-27-,41-38-,45-42-,50-47-. The van der Waals surface area contributed by atoms with Crippen molar-refractivity contribution in [2.75, 3.05) is 19.8 Å². The number of hydrogen-bond donors (Lipinski definition) is 0. The molecule has 0 N–H and O–H groups in total. The average Bonchev–Trinajstić information content (AvgIpc) is 3.34. The largest absolute Gasteiger partial charge is 0.462 e. The second-order valence-corrected chi connectivity index (χ2v) is 18.1. The van der Waals surface area contributed by atoms with Crippen molar-refractivity contribution >= 4 is 11.9 Å². The third-order valence-electron chi connectivity index (χ3n) is 11.5. The predicted molar refractivity (Wildman–Crippen MR) is 297 cm³/mol. The minimum Gasteiger partial charge on any atom is -0.462 e. The quantitative estimate of drug-likeness (QED) is 0.0345. The minimum atomic E-state index is -0.595. The maximum Gasteiger partial charge on any atom is 0.306 e. The molecule has 0 rings (SSSR count). The van der Waals surface area contributed by atoms with Gasteiger partial charge in [-0.2, -0.15) is 0 Å². The molecular formula is C63H104O5. The molecule has 1 unspecified atom stereocenters. The van der Waals surface area contributed by atoms with Crippen molar-refractivity contribution < 1.29 is 23.8 Å². The van der Waals surface area contributed by atoms with Gasteiger partial charge in [-0.25, -0.2) is 0 Å². The fourth-order valence-electron chi connectivity index (χ4n) is 7.41. The van der Waals surface area contributed by atoms with Crippen molar-refractivity contribution in [3.8, 4) is 0 Å². The Hall–Kier alpha value is -3.70. The third kappa shape index (κ3) is 54.9. The highest BCUT2D eigenvalue weighted by molar-refractivity contribution is 5.70. The normalized spacial score (nSPS) is 13.2. The van der Waals surface area contributed by atoms with Gasteiger partial charge in [0, 0.05) is 19.4 Å². The van der Waals surface area contributed by atoms with Gasteiger partial charge in [0.05, 0.1) is 6.61 Å². The molecule has 0 aromatic heterocycles. The molecule has 0 spiro atoms. The van der Waals surface area contributed by atoms with E-state index in [0.717, 1.165) is 96.3 Å². The Morgan fingerprint density at radius 1 is 0.338 bits per heavy atom. The Labute approximate surface area is 420 Å². The number of carbonyl (C=O) groups excluding carboxylic acids is 2. The average molecular weight is 942 g/mol. The van der Waals surface area contributed by atoms with Crippen LogP contribution < -0.4 is 0 Å². The van der Waals surface area contributed by atoms with E-state index in [4.69, 9.17) is 14.2 Å². The van der Waals surface area contributed by atoms with Crippen molar-refractivity contribution in [2.24, 2.45) is 0 Å². The van der Waals surface area contributed by atoms with Crippen molar-refractivity contribution in [3.63, 3.8) is 0 Å². The summed E-state index contributed by atoms with van der Waals surface area (Å²) >= 11 is 0. The van der Waals surface area contributed by atoms with Crippen LogP contribution in [-0.2, 0) is 23.8 Å². The number of carbonyl (C=O) groups is 2. The SMILES string of the molecule is CC/C=C\C/C=C\C/C=C\C/C=C\C/C=C\C/C=C\CCC(=O)OCC(COCCCCCCCCCCCCCCCCCCCC)OC(=O)CCCC/C=C\C/C=C\C/C=C\C/C=C\CC. The number of rotatable bonds is 50. The lowest BCUT2D eigenvalue weighted by molar-refractivity contribution is -0.162. The van der Waals surface area contributed by atoms with Crippen molar-refractivity contribution in [2.45, 2.75) is 245 Å². The number of allylic oxidation sites excluding steroid dienone is 20. The molecule has 0 saturated heterocycles. The molecule has 1 atom stereocenters. The number of esters is 2. The molecule has 0 fully saturated rings. The summed E-state index contributed by atoms with van der Waals surface area (Å²) in [5.41, 5.74) is 0. The van der Waals surface area contributed by atoms with Crippen LogP contribution in [0.3, 0.4) is 0 Å². The van der Waals surface area contributed by atoms with Crippen LogP contribution in [0.4, 0.5) is 0 Å². The fraction of sp³-hybridized carbons (Fsp3) is 0.651. The zero-order valence-corrected chi connectivity index (χ0v) is 44.3. The van der Waals surface area contributed by atoms with E-state index in [-0.39, 0.29) is 25.2 Å². The Morgan fingerprint density at radius 2 is 0.691 bits per heavy atom. The molecule has 0 aromatic rings. The van der Waals surface area contributed by atoms with E-state index in [1.807, 2.05) is 6.08 Å². The van der Waals surface area contributed by atoms with Crippen molar-refractivity contribution in [1.29, 1.82) is 0 Å². The Kier molecular flexibility index (Phi) is 54.5. The maximum atomic E-state index is 12.8. The molecule has 0 heterocycles. The van der Waals surface area contributed by atoms with Crippen molar-refractivity contribution in [3.05, 3.63) is 122 Å². The van der Waals surface area contributed by atoms with Crippen molar-refractivity contribution in [1.82, 2.24) is 0 Å². The predicted octanol–water partition coefficient (Wildman–Crippen LogP) is 19.3. The van der Waals surface area contributed by atoms with Crippen LogP contribution in [0.1, 0.15) is 239 Å². The number of ether oxygens (including phenoxy) is 3. The van der Waals surface area contributed by atoms with Crippen LogP contribution in [0.15, 0.2) is 122 Å². The highest BCUT2D eigenvalue weighted by atomic mass is 16.6. The highest BCUT2D eigenvalue weighted by Gasteiger charge is 2.17. The Bertz CT molecular complexity index is 1390. The van der Waals surface area contributed by atoms with E-state index in [0.29, 0.717) is 25.9 Å². The van der Waals surface area contributed by atoms with E-state index >= 15 is 0 Å². The fourth-order valence-corrected chi connectivity index (χ4v) is 7.41. The first-order valence-electron chi connectivity index (χ1n) is 28.1. The molecule has 0 aromatic carbocycles. The van der Waals surface area contributed by atoms with Crippen LogP contribution in [-0.4, -0.2) is 37.9 Å². The van der Waals surface area contributed by atoms with Gasteiger partial charge in [0.25, 0.3) is 0 Å². The first-order valence-corrected chi connectivity index (χ1v) is 28.1. The van der Waals surface area contributed by atoms with E-state index in [2.05, 4.69) is 136 Å². The molecule has 0 saturated carbocycles. The molecule has 0 amide bonds. The van der Waals surface area contributed by atoms with Gasteiger partial charge in [-0.1, -0.05) is 251 Å². The molecular weight excluding hydrogens is 837 g/mol. The first-order chi connectivity index (χ1) is 33.6. The summed E-state index contributed by atoms with van der Waals surface area (Å²) in [5, 5.41) is 0. The van der Waals surface area contributed by atoms with Gasteiger partial charge in [-0.3, -0.25) is 9.59 Å². The second-order valence-electron chi connectivity index (χ2n) is 18.1. The molecule has 5 heteroatoms. The Balaban J connectivity index is 4.44. The molecule has 0 bridgehead atoms. The Morgan fingerprint density at radius 3 is 1.09 bits per heavy atom. The molecule has 0 aliphatic heterocycles. The lowest BCUT2D eigenvalue weighted by Crippen LogP contribution is -2.30. The smallest absolute Gasteiger partial charge is 0.306 e. The van der Waals surface area contributed by atoms with Gasteiger partial charge in [0.2, 0.25) is 0 Å². The first kappa shape index (κ1) is 64.3. The summed E-state index contributed by atoms with van der Waals surface area (Å²) < 4.78 is 17.4. The highest BCUT2D eigenvalue weighted by Crippen LogP contribution is 2.15. The maximum absolute atomic E-state index is 12.8. The van der Waals surface area contributed by atoms with Crippen LogP contribution in [0.25, 0.3) is 0 Å². The molecule has 68 heavy (non-hydrogen) atoms. The zero-order valence-electron chi connectivity index (χ0n) is 44.3. The zero-order chi connectivity index (χ0) is 49.2. The lowest BCUT2D eigenvalue weighted by Gasteiger charge is -2.18. The van der Waals surface area contributed by atoms with Gasteiger partial charge in [0.1, 0.15) is 6.61 Å². The summed E-state index contributed by atoms with van der Waals surface area (Å²) in [6.45, 7) is 7.49. The van der Waals surface area contributed by atoms with E-state index < -0.39 is 6.10 Å². The summed E-state index contributed by atoms with van der Waals surface area (Å²) in [6.07, 6.45) is 80.9. The van der Waals surface area contributed by atoms with Crippen LogP contribution >= 0.6 is 0 Å². The van der Waals surface area contributed by atoms with Gasteiger partial charge in [0.15, 0.2) is 6.10 Å². The van der Waals surface area contributed by atoms with Crippen LogP contribution in [0.2, 0.25) is 0 Å². The molecule has 0 aliphatic rings. The molecule has 0 radical (unpaired) electrons. The van der Waals surface area contributed by atoms with E-state index in [9.17, 15) is 9.59 Å². The summed E-state index contributed by atoms with van der Waals surface area (Å²) in [7, 11) is 0. The van der Waals surface area contributed by atoms with Gasteiger partial charge < -0.3 is 14.2 Å². The van der Waals surface area contributed by atoms with Gasteiger partial charge in [-0.05, 0) is 96.3 Å². The number of hydrogen-bond acceptors (Lipinski definition) is 5. The molecule has 5 nitrogen and oxygen atoms in total. The summed E-state index contributed by atoms with van der Waals surface area (Å²) in [5.74, 6) is -0.544. The van der Waals surface area contributed by atoms with Gasteiger partial charge in [-0.15, -0.1) is 0 Å². The topological polar surface area (TPSA) is 61.8 Å². The molecule has 0 aliphatic carbocycles. The summed E-state index contributed by atoms with van der Waals surface area (Å²) in [6, 6.07) is 0. The lowest BCUT2D eigenvalue weighted by atomic mass is 10.0. The van der Waals surface area contributed by atoms with E-state index in [1.165, 1.54) is 103 Å². The van der Waals surface area contributed by atoms with Crippen LogP contribution in [0, 0.1) is 0 Å². The van der Waals surface area contributed by atoms with Gasteiger partial charge >= 0.3 is 11.9 Å². The second kappa shape index (κ2) is 57.6. The van der Waals surface area contributed by atoms with E-state index in [1.54, 1.807) is 0 Å². The van der Waals surface area contributed by atoms with Crippen LogP contribution in [0.5, 0.6) is 0 Å². The monoisotopic (exact) mass is 941 g/mol. The third-order valence-corrected chi connectivity index (χ3v) is 11.5. The number of unbranched alkanes of at least 4 members (excludes halogenated alkanes) is 19. The molecule has 386 valence electrons. The summed E-state index contributed by atoms with van der Waals surface area (Å²) in [4.78, 5) is 25.4. The minimum absolute atomic E-state index is 0.0232.